The Morgan fingerprint density at radius 2 is 1.79 bits per heavy atom. The van der Waals surface area contributed by atoms with Gasteiger partial charge in [0.1, 0.15) is 5.78 Å². The fourth-order valence-electron chi connectivity index (χ4n) is 8.69. The number of rotatable bonds is 6. The van der Waals surface area contributed by atoms with Gasteiger partial charge in [-0.1, -0.05) is 59.8 Å². The van der Waals surface area contributed by atoms with Crippen molar-refractivity contribution in [3.8, 4) is 0 Å². The number of aliphatic hydroxyl groups is 2. The largest absolute Gasteiger partial charge is 0.392 e. The maximum absolute atomic E-state index is 12.8. The van der Waals surface area contributed by atoms with Crippen molar-refractivity contribution in [2.45, 2.75) is 92.9 Å². The third-order valence-electron chi connectivity index (χ3n) is 11.2. The van der Waals surface area contributed by atoms with Crippen LogP contribution in [0.2, 0.25) is 0 Å². The summed E-state index contributed by atoms with van der Waals surface area (Å²) in [5, 5.41) is 18.7. The summed E-state index contributed by atoms with van der Waals surface area (Å²) in [7, 11) is 0. The van der Waals surface area contributed by atoms with Crippen LogP contribution in [0.5, 0.6) is 0 Å². The molecular weight excluding hydrogens is 408 g/mol. The van der Waals surface area contributed by atoms with E-state index < -0.39 is 0 Å². The average molecular weight is 455 g/mol. The molecule has 3 heteroatoms. The first-order chi connectivity index (χ1) is 15.5. The van der Waals surface area contributed by atoms with E-state index in [-0.39, 0.29) is 34.9 Å². The number of carbonyl (C=O) groups is 1. The molecule has 2 N–H and O–H groups in total. The molecule has 0 aromatic carbocycles. The second kappa shape index (κ2) is 8.48. The third kappa shape index (κ3) is 3.56. The van der Waals surface area contributed by atoms with Crippen LogP contribution in [0.3, 0.4) is 0 Å². The second-order valence-electron chi connectivity index (χ2n) is 12.9. The van der Waals surface area contributed by atoms with Gasteiger partial charge >= 0.3 is 0 Å². The zero-order valence-corrected chi connectivity index (χ0v) is 21.8. The number of hydrogen-bond donors (Lipinski definition) is 2. The summed E-state index contributed by atoms with van der Waals surface area (Å²) in [6, 6.07) is 0. The van der Waals surface area contributed by atoms with Gasteiger partial charge in [-0.25, -0.2) is 0 Å². The van der Waals surface area contributed by atoms with Crippen molar-refractivity contribution < 1.29 is 15.0 Å². The van der Waals surface area contributed by atoms with Crippen LogP contribution < -0.4 is 0 Å². The Balaban J connectivity index is 1.61. The first kappa shape index (κ1) is 24.9. The lowest BCUT2D eigenvalue weighted by Gasteiger charge is -2.59. The highest BCUT2D eigenvalue weighted by atomic mass is 16.3. The highest BCUT2D eigenvalue weighted by Gasteiger charge is 2.63. The Morgan fingerprint density at radius 1 is 1.09 bits per heavy atom. The predicted molar refractivity (Wildman–Crippen MR) is 135 cm³/mol. The highest BCUT2D eigenvalue weighted by Crippen LogP contribution is 2.71. The maximum Gasteiger partial charge on any atom is 0.138 e. The number of Topliss-reactive ketones (excluding diaryl/α,β-unsaturated/α-hetero) is 1. The zero-order chi connectivity index (χ0) is 24.2. The SMILES string of the molecule is CC(CCC=C(CO)CO)C1CC[C@@]2(C)C3=CCC4C(C)(C)C(=O)CC[C@]4(C)C3=CC[C@]12C. The Morgan fingerprint density at radius 3 is 2.45 bits per heavy atom. The number of ketones is 1. The first-order valence-electron chi connectivity index (χ1n) is 13.3. The second-order valence-corrected chi connectivity index (χ2v) is 12.9. The number of aliphatic hydroxyl groups excluding tert-OH is 2. The topological polar surface area (TPSA) is 57.5 Å². The van der Waals surface area contributed by atoms with Crippen molar-refractivity contribution in [1.29, 1.82) is 0 Å². The van der Waals surface area contributed by atoms with E-state index in [9.17, 15) is 15.0 Å². The Kier molecular flexibility index (Phi) is 6.41. The van der Waals surface area contributed by atoms with E-state index in [1.54, 1.807) is 11.1 Å². The van der Waals surface area contributed by atoms with Gasteiger partial charge in [0.25, 0.3) is 0 Å². The predicted octanol–water partition coefficient (Wildman–Crippen LogP) is 6.41. The zero-order valence-electron chi connectivity index (χ0n) is 21.8. The van der Waals surface area contributed by atoms with Crippen LogP contribution >= 0.6 is 0 Å². The van der Waals surface area contributed by atoms with E-state index in [0.717, 1.165) is 44.1 Å². The van der Waals surface area contributed by atoms with Gasteiger partial charge in [-0.2, -0.15) is 0 Å². The molecule has 33 heavy (non-hydrogen) atoms. The summed E-state index contributed by atoms with van der Waals surface area (Å²) < 4.78 is 0. The van der Waals surface area contributed by atoms with Crippen LogP contribution in [-0.4, -0.2) is 29.2 Å². The molecule has 0 aromatic rings. The standard InChI is InChI=1S/C30H46O3/c1-20(8-7-9-21(18-31)19-32)22-12-16-30(6)24-10-11-25-27(2,3)26(33)14-15-28(25,4)23(24)13-17-29(22,30)5/h9-10,13,20,22,25,31-32H,7-8,11-12,14-19H2,1-6H3/t20?,22?,25?,28-,29-,30+/m1/s1. The number of allylic oxidation sites excluding steroid dienone is 5. The van der Waals surface area contributed by atoms with Crippen molar-refractivity contribution in [2.24, 2.45) is 39.4 Å². The minimum absolute atomic E-state index is 0.0476. The molecule has 3 unspecified atom stereocenters. The Bertz CT molecular complexity index is 886. The summed E-state index contributed by atoms with van der Waals surface area (Å²) in [5.74, 6) is 2.14. The first-order valence-corrected chi connectivity index (χ1v) is 13.3. The molecule has 4 aliphatic rings. The summed E-state index contributed by atoms with van der Waals surface area (Å²) in [6.07, 6.45) is 15.6. The molecule has 0 heterocycles. The van der Waals surface area contributed by atoms with E-state index in [0.29, 0.717) is 23.5 Å². The molecule has 3 nitrogen and oxygen atoms in total. The summed E-state index contributed by atoms with van der Waals surface area (Å²) in [4.78, 5) is 12.8. The summed E-state index contributed by atoms with van der Waals surface area (Å²) >= 11 is 0. The van der Waals surface area contributed by atoms with Crippen LogP contribution in [0.4, 0.5) is 0 Å². The van der Waals surface area contributed by atoms with Crippen LogP contribution in [0.25, 0.3) is 0 Å². The molecule has 0 aromatic heterocycles. The molecule has 4 aliphatic carbocycles. The van der Waals surface area contributed by atoms with E-state index in [1.807, 2.05) is 6.08 Å². The fraction of sp³-hybridized carbons (Fsp3) is 0.767. The van der Waals surface area contributed by atoms with Crippen molar-refractivity contribution in [3.05, 3.63) is 34.9 Å². The Labute approximate surface area is 201 Å². The van der Waals surface area contributed by atoms with E-state index in [1.165, 1.54) is 12.8 Å². The molecule has 0 bridgehead atoms. The minimum Gasteiger partial charge on any atom is -0.392 e. The van der Waals surface area contributed by atoms with Crippen molar-refractivity contribution >= 4 is 5.78 Å². The number of hydrogen-bond acceptors (Lipinski definition) is 3. The van der Waals surface area contributed by atoms with E-state index in [4.69, 9.17) is 0 Å². The molecule has 0 spiro atoms. The quantitative estimate of drug-likeness (QED) is 0.456. The molecule has 0 radical (unpaired) electrons. The molecule has 6 atom stereocenters. The lowest BCUT2D eigenvalue weighted by Crippen LogP contribution is -2.53. The van der Waals surface area contributed by atoms with Gasteiger partial charge in [-0.3, -0.25) is 4.79 Å². The highest BCUT2D eigenvalue weighted by molar-refractivity contribution is 5.86. The van der Waals surface area contributed by atoms with Crippen LogP contribution in [0.1, 0.15) is 92.9 Å². The van der Waals surface area contributed by atoms with Gasteiger partial charge in [-0.05, 0) is 95.7 Å². The van der Waals surface area contributed by atoms with Crippen LogP contribution in [0.15, 0.2) is 34.9 Å². The van der Waals surface area contributed by atoms with Gasteiger partial charge in [0.15, 0.2) is 0 Å². The van der Waals surface area contributed by atoms with Crippen LogP contribution in [0, 0.1) is 39.4 Å². The van der Waals surface area contributed by atoms with Crippen molar-refractivity contribution in [3.63, 3.8) is 0 Å². The minimum atomic E-state index is -0.236. The van der Waals surface area contributed by atoms with Crippen molar-refractivity contribution in [2.75, 3.05) is 13.2 Å². The van der Waals surface area contributed by atoms with Gasteiger partial charge in [0.05, 0.1) is 13.2 Å². The molecule has 0 amide bonds. The van der Waals surface area contributed by atoms with Gasteiger partial charge < -0.3 is 10.2 Å². The van der Waals surface area contributed by atoms with Gasteiger partial charge in [0, 0.05) is 11.8 Å². The van der Waals surface area contributed by atoms with E-state index >= 15 is 0 Å². The molecule has 2 fully saturated rings. The molecule has 4 rings (SSSR count). The van der Waals surface area contributed by atoms with E-state index in [2.05, 4.69) is 53.7 Å². The van der Waals surface area contributed by atoms with Gasteiger partial charge in [-0.15, -0.1) is 0 Å². The molecular formula is C30H46O3. The third-order valence-corrected chi connectivity index (χ3v) is 11.2. The smallest absolute Gasteiger partial charge is 0.138 e. The lowest BCUT2D eigenvalue weighted by atomic mass is 9.44. The molecule has 0 aliphatic heterocycles. The normalized spacial score (nSPS) is 40.2. The Hall–Kier alpha value is -1.19. The van der Waals surface area contributed by atoms with Crippen LogP contribution in [-0.2, 0) is 4.79 Å². The average Bonchev–Trinajstić information content (AvgIpc) is 3.05. The summed E-state index contributed by atoms with van der Waals surface area (Å²) in [6.45, 7) is 14.2. The number of fused-ring (bicyclic) bond motifs is 5. The molecule has 0 saturated heterocycles. The van der Waals surface area contributed by atoms with Gasteiger partial charge in [0.2, 0.25) is 0 Å². The number of carbonyl (C=O) groups excluding carboxylic acids is 1. The summed E-state index contributed by atoms with van der Waals surface area (Å²) in [5.41, 5.74) is 4.26. The fourth-order valence-corrected chi connectivity index (χ4v) is 8.69. The van der Waals surface area contributed by atoms with Crippen molar-refractivity contribution in [1.82, 2.24) is 0 Å². The maximum atomic E-state index is 12.8. The molecule has 184 valence electrons. The lowest BCUT2D eigenvalue weighted by molar-refractivity contribution is -0.138. The monoisotopic (exact) mass is 454 g/mol. The molecule has 2 saturated carbocycles.